The molecule has 1 fully saturated rings. The van der Waals surface area contributed by atoms with Crippen LogP contribution in [0.3, 0.4) is 0 Å². The lowest BCUT2D eigenvalue weighted by atomic mass is 9.96. The average Bonchev–Trinajstić information content (AvgIpc) is 3.30. The van der Waals surface area contributed by atoms with Crippen molar-refractivity contribution < 1.29 is 18.7 Å². The molecule has 0 radical (unpaired) electrons. The number of rotatable bonds is 5. The van der Waals surface area contributed by atoms with Gasteiger partial charge in [-0.1, -0.05) is 12.1 Å². The number of pyridine rings is 1. The molecule has 1 atom stereocenters. The molecule has 1 aliphatic heterocycles. The minimum Gasteiger partial charge on any atom is -0.459 e. The van der Waals surface area contributed by atoms with Crippen LogP contribution in [0.2, 0.25) is 0 Å². The van der Waals surface area contributed by atoms with Crippen molar-refractivity contribution in [2.45, 2.75) is 12.8 Å². The Balaban J connectivity index is 1.43. The van der Waals surface area contributed by atoms with Crippen molar-refractivity contribution in [2.75, 3.05) is 18.4 Å². The molecule has 148 valence electrons. The van der Waals surface area contributed by atoms with Crippen molar-refractivity contribution in [3.05, 3.63) is 72.9 Å². The topological polar surface area (TPSA) is 84.7 Å². The van der Waals surface area contributed by atoms with E-state index >= 15 is 0 Å². The van der Waals surface area contributed by atoms with Gasteiger partial charge in [0, 0.05) is 19.3 Å². The number of hydrogen-bond donors (Lipinski definition) is 1. The monoisotopic (exact) mass is 391 g/mol. The van der Waals surface area contributed by atoms with Gasteiger partial charge in [-0.05, 0) is 49.2 Å². The third-order valence-electron chi connectivity index (χ3n) is 4.82. The fraction of sp³-hybridized carbons (Fsp3) is 0.227. The highest BCUT2D eigenvalue weighted by atomic mass is 16.5. The van der Waals surface area contributed by atoms with Gasteiger partial charge < -0.3 is 19.4 Å². The van der Waals surface area contributed by atoms with Crippen molar-refractivity contribution in [1.82, 2.24) is 9.88 Å². The van der Waals surface area contributed by atoms with Gasteiger partial charge >= 0.3 is 0 Å². The number of hydrogen-bond acceptors (Lipinski definition) is 5. The SMILES string of the molecule is O=C(Nc1ccccc1Oc1cccnc1)C1CCCN(C(=O)c2ccco2)C1. The maximum absolute atomic E-state index is 12.9. The van der Waals surface area contributed by atoms with Crippen LogP contribution < -0.4 is 10.1 Å². The molecule has 0 spiro atoms. The summed E-state index contributed by atoms with van der Waals surface area (Å²) in [5.41, 5.74) is 0.579. The first-order chi connectivity index (χ1) is 14.2. The maximum Gasteiger partial charge on any atom is 0.289 e. The number of likely N-dealkylation sites (tertiary alicyclic amines) is 1. The van der Waals surface area contributed by atoms with E-state index in [0.717, 1.165) is 12.8 Å². The first kappa shape index (κ1) is 18.7. The molecule has 4 rings (SSSR count). The molecule has 7 heteroatoms. The molecular weight excluding hydrogens is 370 g/mol. The van der Waals surface area contributed by atoms with E-state index in [2.05, 4.69) is 10.3 Å². The summed E-state index contributed by atoms with van der Waals surface area (Å²) in [5, 5.41) is 2.95. The molecule has 1 unspecified atom stereocenters. The highest BCUT2D eigenvalue weighted by Gasteiger charge is 2.30. The van der Waals surface area contributed by atoms with Gasteiger partial charge in [0.15, 0.2) is 11.5 Å². The number of piperidine rings is 1. The maximum atomic E-state index is 12.9. The van der Waals surface area contributed by atoms with Gasteiger partial charge in [0.05, 0.1) is 24.1 Å². The number of anilines is 1. The van der Waals surface area contributed by atoms with Crippen LogP contribution in [0, 0.1) is 5.92 Å². The molecule has 0 aliphatic carbocycles. The van der Waals surface area contributed by atoms with Crippen molar-refractivity contribution in [3.63, 3.8) is 0 Å². The van der Waals surface area contributed by atoms with E-state index in [1.807, 2.05) is 12.1 Å². The van der Waals surface area contributed by atoms with Crippen molar-refractivity contribution in [2.24, 2.45) is 5.92 Å². The zero-order valence-corrected chi connectivity index (χ0v) is 15.8. The molecule has 2 amide bonds. The molecule has 0 saturated carbocycles. The van der Waals surface area contributed by atoms with E-state index in [-0.39, 0.29) is 17.7 Å². The number of carbonyl (C=O) groups excluding carboxylic acids is 2. The van der Waals surface area contributed by atoms with E-state index in [9.17, 15) is 9.59 Å². The highest BCUT2D eigenvalue weighted by molar-refractivity contribution is 5.95. The molecule has 7 nitrogen and oxygen atoms in total. The molecule has 3 aromatic rings. The van der Waals surface area contributed by atoms with Crippen LogP contribution in [0.15, 0.2) is 71.6 Å². The van der Waals surface area contributed by atoms with Crippen molar-refractivity contribution in [1.29, 1.82) is 0 Å². The number of ether oxygens (including phenoxy) is 1. The molecule has 1 aromatic carbocycles. The van der Waals surface area contributed by atoms with Gasteiger partial charge in [0.1, 0.15) is 5.75 Å². The Morgan fingerprint density at radius 3 is 2.83 bits per heavy atom. The molecule has 1 N–H and O–H groups in total. The number of para-hydroxylation sites is 2. The minimum absolute atomic E-state index is 0.135. The van der Waals surface area contributed by atoms with Gasteiger partial charge in [-0.3, -0.25) is 14.6 Å². The van der Waals surface area contributed by atoms with Crippen molar-refractivity contribution in [3.8, 4) is 11.5 Å². The van der Waals surface area contributed by atoms with E-state index in [4.69, 9.17) is 9.15 Å². The van der Waals surface area contributed by atoms with Crippen LogP contribution in [-0.4, -0.2) is 34.8 Å². The van der Waals surface area contributed by atoms with Gasteiger partial charge in [0.2, 0.25) is 5.91 Å². The summed E-state index contributed by atoms with van der Waals surface area (Å²) in [6.45, 7) is 0.973. The third kappa shape index (κ3) is 4.45. The Labute approximate surface area is 168 Å². The standard InChI is InChI=1S/C22H21N3O4/c26-21(16-6-4-12-25(15-16)22(27)20-10-5-13-28-20)24-18-8-1-2-9-19(18)29-17-7-3-11-23-14-17/h1-3,5,7-11,13-14,16H,4,6,12,15H2,(H,24,26). The number of benzene rings is 1. The molecule has 2 aromatic heterocycles. The number of nitrogens with zero attached hydrogens (tertiary/aromatic N) is 2. The van der Waals surface area contributed by atoms with Crippen LogP contribution in [0.4, 0.5) is 5.69 Å². The van der Waals surface area contributed by atoms with Gasteiger partial charge in [-0.15, -0.1) is 0 Å². The lowest BCUT2D eigenvalue weighted by Gasteiger charge is -2.31. The lowest BCUT2D eigenvalue weighted by molar-refractivity contribution is -0.121. The summed E-state index contributed by atoms with van der Waals surface area (Å²) < 4.78 is 11.1. The Kier molecular flexibility index (Phi) is 5.56. The number of carbonyl (C=O) groups is 2. The van der Waals surface area contributed by atoms with Crippen LogP contribution in [0.1, 0.15) is 23.4 Å². The molecular formula is C22H21N3O4. The zero-order chi connectivity index (χ0) is 20.1. The summed E-state index contributed by atoms with van der Waals surface area (Å²) in [6.07, 6.45) is 6.23. The average molecular weight is 391 g/mol. The fourth-order valence-electron chi connectivity index (χ4n) is 3.36. The Morgan fingerprint density at radius 2 is 2.03 bits per heavy atom. The fourth-order valence-corrected chi connectivity index (χ4v) is 3.36. The molecule has 3 heterocycles. The lowest BCUT2D eigenvalue weighted by Crippen LogP contribution is -2.43. The number of amides is 2. The van der Waals surface area contributed by atoms with Crippen LogP contribution in [0.25, 0.3) is 0 Å². The Morgan fingerprint density at radius 1 is 1.14 bits per heavy atom. The first-order valence-corrected chi connectivity index (χ1v) is 9.51. The van der Waals surface area contributed by atoms with E-state index in [1.165, 1.54) is 6.26 Å². The normalized spacial score (nSPS) is 16.3. The third-order valence-corrected chi connectivity index (χ3v) is 4.82. The predicted molar refractivity (Wildman–Crippen MR) is 107 cm³/mol. The summed E-state index contributed by atoms with van der Waals surface area (Å²) >= 11 is 0. The summed E-state index contributed by atoms with van der Waals surface area (Å²) in [5.74, 6) is 0.794. The van der Waals surface area contributed by atoms with Gasteiger partial charge in [-0.25, -0.2) is 0 Å². The second kappa shape index (κ2) is 8.60. The molecule has 1 aliphatic rings. The van der Waals surface area contributed by atoms with E-state index in [0.29, 0.717) is 36.0 Å². The summed E-state index contributed by atoms with van der Waals surface area (Å²) in [7, 11) is 0. The quantitative estimate of drug-likeness (QED) is 0.712. The van der Waals surface area contributed by atoms with Crippen LogP contribution >= 0.6 is 0 Å². The summed E-state index contributed by atoms with van der Waals surface area (Å²) in [6, 6.07) is 14.1. The molecule has 1 saturated heterocycles. The largest absolute Gasteiger partial charge is 0.459 e. The van der Waals surface area contributed by atoms with Gasteiger partial charge in [0.25, 0.3) is 5.91 Å². The summed E-state index contributed by atoms with van der Waals surface area (Å²) in [4.78, 5) is 31.1. The Bertz CT molecular complexity index is 973. The van der Waals surface area contributed by atoms with E-state index in [1.54, 1.807) is 53.7 Å². The first-order valence-electron chi connectivity index (χ1n) is 9.51. The van der Waals surface area contributed by atoms with Gasteiger partial charge in [-0.2, -0.15) is 0 Å². The van der Waals surface area contributed by atoms with E-state index < -0.39 is 0 Å². The second-order valence-electron chi connectivity index (χ2n) is 6.84. The number of furan rings is 1. The zero-order valence-electron chi connectivity index (χ0n) is 15.8. The smallest absolute Gasteiger partial charge is 0.289 e. The highest BCUT2D eigenvalue weighted by Crippen LogP contribution is 2.30. The second-order valence-corrected chi connectivity index (χ2v) is 6.84. The number of aromatic nitrogens is 1. The van der Waals surface area contributed by atoms with Crippen LogP contribution in [-0.2, 0) is 4.79 Å². The number of nitrogens with one attached hydrogen (secondary N) is 1. The van der Waals surface area contributed by atoms with Crippen LogP contribution in [0.5, 0.6) is 11.5 Å². The Hall–Kier alpha value is -3.61. The predicted octanol–water partition coefficient (Wildman–Crippen LogP) is 3.96. The molecule has 0 bridgehead atoms. The molecule has 29 heavy (non-hydrogen) atoms. The minimum atomic E-state index is -0.297. The van der Waals surface area contributed by atoms with Crippen molar-refractivity contribution >= 4 is 17.5 Å².